The second-order valence-electron chi connectivity index (χ2n) is 5.58. The summed E-state index contributed by atoms with van der Waals surface area (Å²) in [6.45, 7) is 7.65. The van der Waals surface area contributed by atoms with E-state index in [-0.39, 0.29) is 29.7 Å². The Hall–Kier alpha value is -1.78. The maximum absolute atomic E-state index is 12.0. The van der Waals surface area contributed by atoms with E-state index in [1.807, 2.05) is 27.7 Å². The molecular formula is C14H22N2O3. The van der Waals surface area contributed by atoms with Gasteiger partial charge in [-0.1, -0.05) is 6.92 Å². The smallest absolute Gasteiger partial charge is 0.289 e. The fraction of sp³-hybridized carbons (Fsp3) is 0.571. The lowest BCUT2D eigenvalue weighted by molar-refractivity contribution is -0.122. The molecule has 0 aliphatic rings. The van der Waals surface area contributed by atoms with Crippen molar-refractivity contribution in [1.29, 1.82) is 0 Å². The van der Waals surface area contributed by atoms with Crippen molar-refractivity contribution < 1.29 is 14.0 Å². The Morgan fingerprint density at radius 3 is 2.42 bits per heavy atom. The fourth-order valence-corrected chi connectivity index (χ4v) is 1.62. The van der Waals surface area contributed by atoms with Gasteiger partial charge in [0.2, 0.25) is 5.91 Å². The lowest BCUT2D eigenvalue weighted by Crippen LogP contribution is -2.46. The summed E-state index contributed by atoms with van der Waals surface area (Å²) in [5.41, 5.74) is -0.305. The van der Waals surface area contributed by atoms with Gasteiger partial charge in [0.25, 0.3) is 5.91 Å². The van der Waals surface area contributed by atoms with Crippen molar-refractivity contribution in [3.63, 3.8) is 0 Å². The normalized spacial score (nSPS) is 11.2. The van der Waals surface area contributed by atoms with Gasteiger partial charge in [0.1, 0.15) is 5.76 Å². The Balaban J connectivity index is 2.60. The molecular weight excluding hydrogens is 244 g/mol. The number of nitrogens with zero attached hydrogens (tertiary/aromatic N) is 1. The van der Waals surface area contributed by atoms with E-state index in [4.69, 9.17) is 4.42 Å². The van der Waals surface area contributed by atoms with Crippen LogP contribution in [0.15, 0.2) is 16.5 Å². The van der Waals surface area contributed by atoms with Gasteiger partial charge in [-0.25, -0.2) is 0 Å². The lowest BCUT2D eigenvalue weighted by atomic mass is 10.1. The summed E-state index contributed by atoms with van der Waals surface area (Å²) >= 11 is 0. The van der Waals surface area contributed by atoms with Gasteiger partial charge in [-0.2, -0.15) is 0 Å². The minimum absolute atomic E-state index is 0.0122. The van der Waals surface area contributed by atoms with Crippen LogP contribution in [-0.2, 0) is 11.2 Å². The number of amides is 2. The molecule has 0 atom stereocenters. The van der Waals surface area contributed by atoms with E-state index in [2.05, 4.69) is 5.32 Å². The van der Waals surface area contributed by atoms with E-state index in [9.17, 15) is 9.59 Å². The quantitative estimate of drug-likeness (QED) is 0.904. The van der Waals surface area contributed by atoms with Crippen molar-refractivity contribution in [3.8, 4) is 0 Å². The van der Waals surface area contributed by atoms with Gasteiger partial charge in [0.05, 0.1) is 6.54 Å². The van der Waals surface area contributed by atoms with Gasteiger partial charge < -0.3 is 14.6 Å². The largest absolute Gasteiger partial charge is 0.456 e. The summed E-state index contributed by atoms with van der Waals surface area (Å²) in [7, 11) is 1.58. The van der Waals surface area contributed by atoms with Crippen molar-refractivity contribution >= 4 is 11.8 Å². The number of aryl methyl sites for hydroxylation is 1. The highest BCUT2D eigenvalue weighted by atomic mass is 16.4. The first-order valence-corrected chi connectivity index (χ1v) is 6.38. The van der Waals surface area contributed by atoms with E-state index >= 15 is 0 Å². The number of likely N-dealkylation sites (N-methyl/N-ethyl adjacent to an activating group) is 1. The fourth-order valence-electron chi connectivity index (χ4n) is 1.62. The molecule has 0 spiro atoms. The highest BCUT2D eigenvalue weighted by Crippen LogP contribution is 2.10. The number of furan rings is 1. The van der Waals surface area contributed by atoms with E-state index in [1.165, 1.54) is 4.90 Å². The van der Waals surface area contributed by atoms with Crippen LogP contribution in [0.25, 0.3) is 0 Å². The minimum atomic E-state index is -0.305. The maximum Gasteiger partial charge on any atom is 0.289 e. The predicted molar refractivity (Wildman–Crippen MR) is 72.9 cm³/mol. The average molecular weight is 266 g/mol. The molecule has 0 unspecified atom stereocenters. The van der Waals surface area contributed by atoms with Gasteiger partial charge in [0.15, 0.2) is 5.76 Å². The summed E-state index contributed by atoms with van der Waals surface area (Å²) in [4.78, 5) is 25.1. The third-order valence-electron chi connectivity index (χ3n) is 2.46. The molecule has 106 valence electrons. The molecule has 1 aromatic heterocycles. The highest BCUT2D eigenvalue weighted by Gasteiger charge is 2.20. The predicted octanol–water partition coefficient (Wildman–Crippen LogP) is 1.83. The van der Waals surface area contributed by atoms with Crippen LogP contribution in [0.1, 0.15) is 44.0 Å². The molecule has 1 heterocycles. The van der Waals surface area contributed by atoms with Gasteiger partial charge in [-0.05, 0) is 32.9 Å². The Kier molecular flexibility index (Phi) is 4.75. The number of nitrogens with one attached hydrogen (secondary N) is 1. The SMILES string of the molecule is CCc1ccc(C(=O)N(C)CC(=O)NC(C)(C)C)o1. The second kappa shape index (κ2) is 5.91. The molecule has 0 bridgehead atoms. The zero-order valence-corrected chi connectivity index (χ0v) is 12.2. The van der Waals surface area contributed by atoms with Crippen LogP contribution in [0.3, 0.4) is 0 Å². The number of hydrogen-bond acceptors (Lipinski definition) is 3. The number of hydrogen-bond donors (Lipinski definition) is 1. The average Bonchev–Trinajstić information content (AvgIpc) is 2.73. The first-order valence-electron chi connectivity index (χ1n) is 6.38. The summed E-state index contributed by atoms with van der Waals surface area (Å²) < 4.78 is 5.38. The number of rotatable bonds is 4. The third-order valence-corrected chi connectivity index (χ3v) is 2.46. The molecule has 0 aromatic carbocycles. The van der Waals surface area contributed by atoms with Crippen LogP contribution < -0.4 is 5.32 Å². The molecule has 2 amide bonds. The van der Waals surface area contributed by atoms with Gasteiger partial charge in [0, 0.05) is 19.0 Å². The van der Waals surface area contributed by atoms with Gasteiger partial charge in [-0.15, -0.1) is 0 Å². The maximum atomic E-state index is 12.0. The van der Waals surface area contributed by atoms with Crippen LogP contribution in [-0.4, -0.2) is 35.8 Å². The molecule has 0 saturated heterocycles. The van der Waals surface area contributed by atoms with Gasteiger partial charge >= 0.3 is 0 Å². The first kappa shape index (κ1) is 15.3. The molecule has 0 aliphatic carbocycles. The lowest BCUT2D eigenvalue weighted by Gasteiger charge is -2.23. The molecule has 0 aliphatic heterocycles. The van der Waals surface area contributed by atoms with Crippen molar-refractivity contribution in [2.24, 2.45) is 0 Å². The second-order valence-corrected chi connectivity index (χ2v) is 5.58. The number of carbonyl (C=O) groups is 2. The molecule has 1 N–H and O–H groups in total. The van der Waals surface area contributed by atoms with Crippen LogP contribution >= 0.6 is 0 Å². The molecule has 5 nitrogen and oxygen atoms in total. The topological polar surface area (TPSA) is 62.6 Å². The summed E-state index contributed by atoms with van der Waals surface area (Å²) in [5, 5.41) is 2.81. The Bertz CT molecular complexity index is 458. The summed E-state index contributed by atoms with van der Waals surface area (Å²) in [6, 6.07) is 3.41. The number of carbonyl (C=O) groups excluding carboxylic acids is 2. The highest BCUT2D eigenvalue weighted by molar-refractivity contribution is 5.94. The monoisotopic (exact) mass is 266 g/mol. The van der Waals surface area contributed by atoms with Crippen LogP contribution in [0.5, 0.6) is 0 Å². The Morgan fingerprint density at radius 1 is 1.32 bits per heavy atom. The van der Waals surface area contributed by atoms with E-state index < -0.39 is 0 Å². The molecule has 1 rings (SSSR count). The Morgan fingerprint density at radius 2 is 1.95 bits per heavy atom. The molecule has 0 saturated carbocycles. The minimum Gasteiger partial charge on any atom is -0.456 e. The van der Waals surface area contributed by atoms with Crippen molar-refractivity contribution in [1.82, 2.24) is 10.2 Å². The van der Waals surface area contributed by atoms with E-state index in [0.29, 0.717) is 0 Å². The third kappa shape index (κ3) is 4.77. The zero-order chi connectivity index (χ0) is 14.6. The molecule has 0 radical (unpaired) electrons. The van der Waals surface area contributed by atoms with Crippen LogP contribution in [0, 0.1) is 0 Å². The van der Waals surface area contributed by atoms with Crippen LogP contribution in [0.4, 0.5) is 0 Å². The van der Waals surface area contributed by atoms with Gasteiger partial charge in [-0.3, -0.25) is 9.59 Å². The van der Waals surface area contributed by atoms with Crippen LogP contribution in [0.2, 0.25) is 0 Å². The van der Waals surface area contributed by atoms with Crippen molar-refractivity contribution in [3.05, 3.63) is 23.7 Å². The van der Waals surface area contributed by atoms with Crippen molar-refractivity contribution in [2.75, 3.05) is 13.6 Å². The summed E-state index contributed by atoms with van der Waals surface area (Å²) in [6.07, 6.45) is 0.738. The molecule has 0 fully saturated rings. The summed E-state index contributed by atoms with van der Waals surface area (Å²) in [5.74, 6) is 0.549. The first-order chi connectivity index (χ1) is 8.73. The Labute approximate surface area is 114 Å². The van der Waals surface area contributed by atoms with Crippen molar-refractivity contribution in [2.45, 2.75) is 39.7 Å². The molecule has 1 aromatic rings. The standard InChI is InChI=1S/C14H22N2O3/c1-6-10-7-8-11(19-10)13(18)16(5)9-12(17)15-14(2,3)4/h7-8H,6,9H2,1-5H3,(H,15,17). The molecule has 5 heteroatoms. The zero-order valence-electron chi connectivity index (χ0n) is 12.2. The van der Waals surface area contributed by atoms with E-state index in [0.717, 1.165) is 12.2 Å². The molecule has 19 heavy (non-hydrogen) atoms. The van der Waals surface area contributed by atoms with E-state index in [1.54, 1.807) is 19.2 Å².